The Morgan fingerprint density at radius 2 is 2.00 bits per heavy atom. The summed E-state index contributed by atoms with van der Waals surface area (Å²) in [5.41, 5.74) is 1.51. The van der Waals surface area contributed by atoms with E-state index < -0.39 is 0 Å². The normalized spacial score (nSPS) is 10.5. The van der Waals surface area contributed by atoms with Gasteiger partial charge < -0.3 is 0 Å². The lowest BCUT2D eigenvalue weighted by molar-refractivity contribution is 0.102. The van der Waals surface area contributed by atoms with Crippen molar-refractivity contribution in [3.63, 3.8) is 0 Å². The molecule has 0 amide bonds. The Kier molecular flexibility index (Phi) is 4.37. The van der Waals surface area contributed by atoms with E-state index in [1.165, 1.54) is 23.1 Å². The number of nitrogens with zero attached hydrogens (tertiary/aromatic N) is 3. The van der Waals surface area contributed by atoms with Gasteiger partial charge in [0.15, 0.2) is 5.78 Å². The van der Waals surface area contributed by atoms with Crippen LogP contribution in [0.1, 0.15) is 9.67 Å². The van der Waals surface area contributed by atoms with Gasteiger partial charge in [-0.1, -0.05) is 23.9 Å². The minimum Gasteiger partial charge on any atom is -0.292 e. The van der Waals surface area contributed by atoms with Gasteiger partial charge in [-0.2, -0.15) is 0 Å². The van der Waals surface area contributed by atoms with Crippen LogP contribution in [0.3, 0.4) is 0 Å². The second kappa shape index (κ2) is 6.60. The predicted molar refractivity (Wildman–Crippen MR) is 84.6 cm³/mol. The summed E-state index contributed by atoms with van der Waals surface area (Å²) in [6.07, 6.45) is 1.72. The van der Waals surface area contributed by atoms with Gasteiger partial charge in [0.25, 0.3) is 0 Å². The fourth-order valence-electron chi connectivity index (χ4n) is 1.70. The van der Waals surface area contributed by atoms with Gasteiger partial charge in [0.1, 0.15) is 10.7 Å². The van der Waals surface area contributed by atoms with Gasteiger partial charge in [-0.3, -0.25) is 9.78 Å². The summed E-state index contributed by atoms with van der Waals surface area (Å²) in [5, 5.41) is 10.9. The lowest BCUT2D eigenvalue weighted by Crippen LogP contribution is -2.00. The molecule has 0 radical (unpaired) electrons. The van der Waals surface area contributed by atoms with E-state index in [4.69, 9.17) is 0 Å². The van der Waals surface area contributed by atoms with Crippen LogP contribution in [-0.4, -0.2) is 26.7 Å². The largest absolute Gasteiger partial charge is 0.292 e. The molecule has 3 aromatic rings. The monoisotopic (exact) mass is 313 g/mol. The van der Waals surface area contributed by atoms with Gasteiger partial charge in [-0.25, -0.2) is 0 Å². The third kappa shape index (κ3) is 3.53. The highest BCUT2D eigenvalue weighted by Crippen LogP contribution is 2.20. The number of thiophene rings is 1. The Morgan fingerprint density at radius 3 is 2.67 bits per heavy atom. The molecule has 6 heteroatoms. The zero-order valence-electron chi connectivity index (χ0n) is 11.0. The maximum absolute atomic E-state index is 11.9. The van der Waals surface area contributed by atoms with Crippen molar-refractivity contribution >= 4 is 28.9 Å². The number of thioether (sulfide) groups is 1. The molecular formula is C15H11N3OS2. The van der Waals surface area contributed by atoms with Crippen LogP contribution in [0.4, 0.5) is 0 Å². The lowest BCUT2D eigenvalue weighted by atomic mass is 10.2. The standard InChI is InChI=1S/C15H11N3OS2/c19-13(14-5-3-9-20-14)10-21-15-7-6-12(17-18-15)11-4-1-2-8-16-11/h1-9H,10H2. The molecule has 3 rings (SSSR count). The molecular weight excluding hydrogens is 302 g/mol. The highest BCUT2D eigenvalue weighted by Gasteiger charge is 2.09. The molecule has 0 aliphatic carbocycles. The molecule has 0 aliphatic heterocycles. The number of aromatic nitrogens is 3. The first-order chi connectivity index (χ1) is 10.3. The second-order valence-corrected chi connectivity index (χ2v) is 6.10. The number of carbonyl (C=O) groups is 1. The Hall–Kier alpha value is -2.05. The average molecular weight is 313 g/mol. The average Bonchev–Trinajstić information content (AvgIpc) is 3.08. The third-order valence-corrected chi connectivity index (χ3v) is 4.55. The number of rotatable bonds is 5. The summed E-state index contributed by atoms with van der Waals surface area (Å²) in [6.45, 7) is 0. The first-order valence-corrected chi connectivity index (χ1v) is 8.14. The third-order valence-electron chi connectivity index (χ3n) is 2.71. The number of Topliss-reactive ketones (excluding diaryl/α,β-unsaturated/α-hetero) is 1. The van der Waals surface area contributed by atoms with Crippen LogP contribution < -0.4 is 0 Å². The highest BCUT2D eigenvalue weighted by atomic mass is 32.2. The van der Waals surface area contributed by atoms with Crippen LogP contribution in [0.25, 0.3) is 11.4 Å². The molecule has 3 aromatic heterocycles. The Labute approximate surface area is 130 Å². The maximum Gasteiger partial charge on any atom is 0.183 e. The summed E-state index contributed by atoms with van der Waals surface area (Å²) < 4.78 is 0. The van der Waals surface area contributed by atoms with Crippen molar-refractivity contribution in [3.8, 4) is 11.4 Å². The minimum absolute atomic E-state index is 0.116. The lowest BCUT2D eigenvalue weighted by Gasteiger charge is -2.01. The van der Waals surface area contributed by atoms with E-state index in [1.807, 2.05) is 47.8 Å². The van der Waals surface area contributed by atoms with E-state index in [0.29, 0.717) is 5.75 Å². The van der Waals surface area contributed by atoms with E-state index in [-0.39, 0.29) is 5.78 Å². The van der Waals surface area contributed by atoms with Crippen molar-refractivity contribution in [1.82, 2.24) is 15.2 Å². The van der Waals surface area contributed by atoms with E-state index in [1.54, 1.807) is 6.20 Å². The molecule has 4 nitrogen and oxygen atoms in total. The van der Waals surface area contributed by atoms with Crippen LogP contribution in [0.2, 0.25) is 0 Å². The van der Waals surface area contributed by atoms with Crippen LogP contribution in [0, 0.1) is 0 Å². The summed E-state index contributed by atoms with van der Waals surface area (Å²) in [7, 11) is 0. The van der Waals surface area contributed by atoms with Crippen LogP contribution >= 0.6 is 23.1 Å². The van der Waals surface area contributed by atoms with Crippen molar-refractivity contribution in [1.29, 1.82) is 0 Å². The SMILES string of the molecule is O=C(CSc1ccc(-c2ccccn2)nn1)c1cccs1. The van der Waals surface area contributed by atoms with Crippen molar-refractivity contribution in [2.75, 3.05) is 5.75 Å². The molecule has 0 unspecified atom stereocenters. The fourth-order valence-corrected chi connectivity index (χ4v) is 3.15. The maximum atomic E-state index is 11.9. The number of carbonyl (C=O) groups excluding carboxylic acids is 1. The first kappa shape index (κ1) is 13.9. The minimum atomic E-state index is 0.116. The Bertz CT molecular complexity index is 712. The van der Waals surface area contributed by atoms with Crippen LogP contribution in [-0.2, 0) is 0 Å². The molecule has 0 aliphatic rings. The van der Waals surface area contributed by atoms with Gasteiger partial charge in [-0.05, 0) is 35.7 Å². The van der Waals surface area contributed by atoms with E-state index in [2.05, 4.69) is 15.2 Å². The zero-order valence-corrected chi connectivity index (χ0v) is 12.6. The summed E-state index contributed by atoms with van der Waals surface area (Å²) in [5.74, 6) is 0.489. The molecule has 0 bridgehead atoms. The van der Waals surface area contributed by atoms with E-state index in [9.17, 15) is 4.79 Å². The van der Waals surface area contributed by atoms with Crippen molar-refractivity contribution in [2.45, 2.75) is 5.03 Å². The molecule has 0 N–H and O–H groups in total. The molecule has 0 saturated heterocycles. The van der Waals surface area contributed by atoms with Crippen LogP contribution in [0.15, 0.2) is 59.1 Å². The molecule has 104 valence electrons. The van der Waals surface area contributed by atoms with Gasteiger partial charge in [0.05, 0.1) is 16.3 Å². The topological polar surface area (TPSA) is 55.7 Å². The highest BCUT2D eigenvalue weighted by molar-refractivity contribution is 7.99. The quantitative estimate of drug-likeness (QED) is 0.532. The van der Waals surface area contributed by atoms with Gasteiger partial charge in [0, 0.05) is 6.20 Å². The molecule has 0 fully saturated rings. The van der Waals surface area contributed by atoms with Gasteiger partial charge in [-0.15, -0.1) is 21.5 Å². The smallest absolute Gasteiger partial charge is 0.183 e. The van der Waals surface area contributed by atoms with Crippen molar-refractivity contribution in [2.24, 2.45) is 0 Å². The second-order valence-electron chi connectivity index (χ2n) is 4.16. The van der Waals surface area contributed by atoms with Crippen molar-refractivity contribution in [3.05, 3.63) is 58.9 Å². The van der Waals surface area contributed by atoms with Crippen molar-refractivity contribution < 1.29 is 4.79 Å². The molecule has 21 heavy (non-hydrogen) atoms. The molecule has 0 aromatic carbocycles. The Balaban J connectivity index is 1.64. The summed E-state index contributed by atoms with van der Waals surface area (Å²) in [4.78, 5) is 16.9. The first-order valence-electron chi connectivity index (χ1n) is 6.27. The zero-order chi connectivity index (χ0) is 14.5. The van der Waals surface area contributed by atoms with E-state index >= 15 is 0 Å². The molecule has 0 saturated carbocycles. The van der Waals surface area contributed by atoms with Gasteiger partial charge in [0.2, 0.25) is 0 Å². The summed E-state index contributed by atoms with van der Waals surface area (Å²) >= 11 is 2.85. The predicted octanol–water partition coefficient (Wildman–Crippen LogP) is 3.58. The van der Waals surface area contributed by atoms with E-state index in [0.717, 1.165) is 21.3 Å². The number of hydrogen-bond acceptors (Lipinski definition) is 6. The molecule has 0 spiro atoms. The number of pyridine rings is 1. The van der Waals surface area contributed by atoms with Gasteiger partial charge >= 0.3 is 0 Å². The number of ketones is 1. The summed E-state index contributed by atoms with van der Waals surface area (Å²) in [6, 6.07) is 13.1. The number of hydrogen-bond donors (Lipinski definition) is 0. The van der Waals surface area contributed by atoms with Crippen LogP contribution in [0.5, 0.6) is 0 Å². The Morgan fingerprint density at radius 1 is 1.05 bits per heavy atom. The fraction of sp³-hybridized carbons (Fsp3) is 0.0667. The molecule has 0 atom stereocenters. The molecule has 3 heterocycles.